The highest BCUT2D eigenvalue weighted by Crippen LogP contribution is 2.36. The first-order valence-corrected chi connectivity index (χ1v) is 8.78. The summed E-state index contributed by atoms with van der Waals surface area (Å²) in [6.07, 6.45) is 3.28. The minimum Gasteiger partial charge on any atom is -0.504 e. The lowest BCUT2D eigenvalue weighted by molar-refractivity contribution is -0.136. The molecule has 0 bridgehead atoms. The van der Waals surface area contributed by atoms with Gasteiger partial charge in [0.15, 0.2) is 11.5 Å². The van der Waals surface area contributed by atoms with Crippen molar-refractivity contribution in [1.29, 1.82) is 0 Å². The molecule has 1 fully saturated rings. The molecule has 0 spiro atoms. The highest BCUT2D eigenvalue weighted by atomic mass is 16.5. The molecule has 1 atom stereocenters. The van der Waals surface area contributed by atoms with Crippen LogP contribution in [0.15, 0.2) is 35.0 Å². The number of amides is 1. The number of para-hydroxylation sites is 1. The topological polar surface area (TPSA) is 85.3 Å². The highest BCUT2D eigenvalue weighted by Gasteiger charge is 2.38. The minimum atomic E-state index is -0.593. The summed E-state index contributed by atoms with van der Waals surface area (Å²) in [6, 6.07) is 4.95. The Morgan fingerprint density at radius 1 is 1.41 bits per heavy atom. The maximum atomic E-state index is 13.0. The van der Waals surface area contributed by atoms with Crippen LogP contribution in [0.5, 0.6) is 11.5 Å². The Morgan fingerprint density at radius 3 is 2.81 bits per heavy atom. The van der Waals surface area contributed by atoms with Gasteiger partial charge in [0.2, 0.25) is 0 Å². The first kappa shape index (κ1) is 19.0. The fourth-order valence-electron chi connectivity index (χ4n) is 3.42. The number of rotatable bonds is 5. The van der Waals surface area contributed by atoms with Crippen LogP contribution in [-0.4, -0.2) is 55.4 Å². The van der Waals surface area contributed by atoms with Crippen molar-refractivity contribution in [2.45, 2.75) is 25.9 Å². The number of carbonyl (C=O) groups is 2. The molecule has 1 amide bonds. The number of hydrogen-bond acceptors (Lipinski definition) is 6. The number of nitrogens with zero attached hydrogens (tertiary/aromatic N) is 1. The van der Waals surface area contributed by atoms with E-state index >= 15 is 0 Å². The van der Waals surface area contributed by atoms with Gasteiger partial charge in [0.1, 0.15) is 0 Å². The third-order valence-electron chi connectivity index (χ3n) is 4.86. The number of ether oxygens (including phenoxy) is 3. The Morgan fingerprint density at radius 2 is 2.19 bits per heavy atom. The predicted molar refractivity (Wildman–Crippen MR) is 98.0 cm³/mol. The van der Waals surface area contributed by atoms with Crippen molar-refractivity contribution >= 4 is 18.0 Å². The van der Waals surface area contributed by atoms with E-state index in [0.717, 1.165) is 12.8 Å². The minimum absolute atomic E-state index is 0.0487. The van der Waals surface area contributed by atoms with Gasteiger partial charge in [-0.25, -0.2) is 4.79 Å². The monoisotopic (exact) mass is 373 g/mol. The molecule has 0 saturated carbocycles. The van der Waals surface area contributed by atoms with Crippen LogP contribution in [0.3, 0.4) is 0 Å². The van der Waals surface area contributed by atoms with Gasteiger partial charge in [0.05, 0.1) is 38.0 Å². The number of phenols is 1. The molecule has 3 rings (SSSR count). The van der Waals surface area contributed by atoms with Crippen LogP contribution >= 0.6 is 0 Å². The number of aromatic hydroxyl groups is 1. The van der Waals surface area contributed by atoms with Crippen molar-refractivity contribution in [2.75, 3.05) is 27.4 Å². The predicted octanol–water partition coefficient (Wildman–Crippen LogP) is 2.25. The number of esters is 1. The highest BCUT2D eigenvalue weighted by molar-refractivity contribution is 6.16. The molecule has 2 aliphatic heterocycles. The lowest BCUT2D eigenvalue weighted by atomic mass is 10.0. The van der Waals surface area contributed by atoms with E-state index in [1.54, 1.807) is 30.0 Å². The number of benzene rings is 1. The van der Waals surface area contributed by atoms with Crippen LogP contribution in [0.4, 0.5) is 0 Å². The molecular weight excluding hydrogens is 350 g/mol. The molecule has 0 aliphatic carbocycles. The van der Waals surface area contributed by atoms with Gasteiger partial charge < -0.3 is 24.2 Å². The average Bonchev–Trinajstić information content (AvgIpc) is 3.26. The Hall–Kier alpha value is -2.80. The van der Waals surface area contributed by atoms with Crippen LogP contribution in [0.25, 0.3) is 6.08 Å². The first-order chi connectivity index (χ1) is 13.0. The van der Waals surface area contributed by atoms with Crippen molar-refractivity contribution in [3.63, 3.8) is 0 Å². The first-order valence-electron chi connectivity index (χ1n) is 8.78. The molecule has 0 aromatic heterocycles. The van der Waals surface area contributed by atoms with Crippen molar-refractivity contribution < 1.29 is 28.9 Å². The lowest BCUT2D eigenvalue weighted by Crippen LogP contribution is -2.33. The standard InChI is InChI=1S/C20H23NO6/c1-12-17(20(24)26-3)15(10-13-6-4-8-16(25-2)18(13)22)19(23)21(12)11-14-7-5-9-27-14/h4,6,8,10,14,22H,5,7,9,11H2,1-3H3/b15-10-/t14-/m0/s1. The largest absolute Gasteiger partial charge is 0.504 e. The smallest absolute Gasteiger partial charge is 0.340 e. The number of allylic oxidation sites excluding steroid dienone is 1. The van der Waals surface area contributed by atoms with Crippen LogP contribution in [-0.2, 0) is 19.1 Å². The van der Waals surface area contributed by atoms with Crippen molar-refractivity contribution in [3.05, 3.63) is 40.6 Å². The van der Waals surface area contributed by atoms with E-state index in [2.05, 4.69) is 0 Å². The van der Waals surface area contributed by atoms with E-state index < -0.39 is 5.97 Å². The summed E-state index contributed by atoms with van der Waals surface area (Å²) in [7, 11) is 2.72. The molecule has 2 aliphatic rings. The van der Waals surface area contributed by atoms with Gasteiger partial charge in [-0.3, -0.25) is 4.79 Å². The van der Waals surface area contributed by atoms with E-state index in [1.807, 2.05) is 0 Å². The second kappa shape index (κ2) is 7.84. The van der Waals surface area contributed by atoms with E-state index in [9.17, 15) is 14.7 Å². The second-order valence-corrected chi connectivity index (χ2v) is 6.46. The van der Waals surface area contributed by atoms with E-state index in [1.165, 1.54) is 20.3 Å². The Labute approximate surface area is 157 Å². The molecule has 1 aromatic carbocycles. The molecule has 27 heavy (non-hydrogen) atoms. The zero-order valence-corrected chi connectivity index (χ0v) is 15.7. The fraction of sp³-hybridized carbons (Fsp3) is 0.400. The molecule has 0 radical (unpaired) electrons. The molecular formula is C20H23NO6. The summed E-state index contributed by atoms with van der Waals surface area (Å²) in [5, 5.41) is 10.3. The van der Waals surface area contributed by atoms with Gasteiger partial charge in [0, 0.05) is 17.9 Å². The zero-order chi connectivity index (χ0) is 19.6. The molecule has 2 heterocycles. The summed E-state index contributed by atoms with van der Waals surface area (Å²) in [5.74, 6) is -0.721. The van der Waals surface area contributed by atoms with Gasteiger partial charge >= 0.3 is 5.97 Å². The SMILES string of the molecule is COC(=O)C1=C(C)N(C[C@@H]2CCCO2)C(=O)/C1=C\c1cccc(OC)c1O. The Kier molecular flexibility index (Phi) is 5.51. The van der Waals surface area contributed by atoms with Crippen LogP contribution in [0.1, 0.15) is 25.3 Å². The average molecular weight is 373 g/mol. The molecule has 7 heteroatoms. The summed E-state index contributed by atoms with van der Waals surface area (Å²) >= 11 is 0. The quantitative estimate of drug-likeness (QED) is 0.629. The third kappa shape index (κ3) is 3.55. The van der Waals surface area contributed by atoms with Crippen LogP contribution < -0.4 is 4.74 Å². The third-order valence-corrected chi connectivity index (χ3v) is 4.86. The lowest BCUT2D eigenvalue weighted by Gasteiger charge is -2.21. The Balaban J connectivity index is 2.02. The maximum absolute atomic E-state index is 13.0. The second-order valence-electron chi connectivity index (χ2n) is 6.46. The van der Waals surface area contributed by atoms with Gasteiger partial charge in [-0.15, -0.1) is 0 Å². The van der Waals surface area contributed by atoms with E-state index in [0.29, 0.717) is 24.4 Å². The van der Waals surface area contributed by atoms with Gasteiger partial charge in [0.25, 0.3) is 5.91 Å². The number of hydrogen-bond donors (Lipinski definition) is 1. The summed E-state index contributed by atoms with van der Waals surface area (Å²) in [6.45, 7) is 2.78. The van der Waals surface area contributed by atoms with Crippen molar-refractivity contribution in [3.8, 4) is 11.5 Å². The van der Waals surface area contributed by atoms with Crippen molar-refractivity contribution in [2.24, 2.45) is 0 Å². The number of methoxy groups -OCH3 is 2. The van der Waals surface area contributed by atoms with Gasteiger partial charge in [-0.05, 0) is 31.9 Å². The maximum Gasteiger partial charge on any atom is 0.340 e. The van der Waals surface area contributed by atoms with E-state index in [-0.39, 0.29) is 34.7 Å². The summed E-state index contributed by atoms with van der Waals surface area (Å²) < 4.78 is 15.6. The van der Waals surface area contributed by atoms with Crippen LogP contribution in [0.2, 0.25) is 0 Å². The molecule has 1 saturated heterocycles. The zero-order valence-electron chi connectivity index (χ0n) is 15.7. The summed E-state index contributed by atoms with van der Waals surface area (Å²) in [5.41, 5.74) is 1.28. The van der Waals surface area contributed by atoms with Crippen LogP contribution in [0, 0.1) is 0 Å². The number of phenolic OH excluding ortho intramolecular Hbond substituents is 1. The molecule has 7 nitrogen and oxygen atoms in total. The van der Waals surface area contributed by atoms with Crippen molar-refractivity contribution in [1.82, 2.24) is 4.90 Å². The fourth-order valence-corrected chi connectivity index (χ4v) is 3.42. The normalized spacial score (nSPS) is 21.3. The molecule has 1 aromatic rings. The van der Waals surface area contributed by atoms with E-state index in [4.69, 9.17) is 14.2 Å². The summed E-state index contributed by atoms with van der Waals surface area (Å²) in [4.78, 5) is 26.9. The van der Waals surface area contributed by atoms with Gasteiger partial charge in [-0.1, -0.05) is 12.1 Å². The van der Waals surface area contributed by atoms with Gasteiger partial charge in [-0.2, -0.15) is 0 Å². The Bertz CT molecular complexity index is 820. The molecule has 144 valence electrons. The molecule has 0 unspecified atom stereocenters. The molecule has 1 N–H and O–H groups in total. The number of carbonyl (C=O) groups excluding carboxylic acids is 2.